The minimum Gasteiger partial charge on any atom is -0.472 e. The first kappa shape index (κ1) is 10.6. The molecule has 0 aliphatic carbocycles. The Morgan fingerprint density at radius 3 is 3.24 bits per heavy atom. The maximum Gasteiger partial charge on any atom is 0.0947 e. The third-order valence-electron chi connectivity index (χ3n) is 3.45. The molecule has 1 aliphatic rings. The van der Waals surface area contributed by atoms with Crippen molar-refractivity contribution in [3.8, 4) is 0 Å². The van der Waals surface area contributed by atoms with E-state index in [0.29, 0.717) is 5.92 Å². The van der Waals surface area contributed by atoms with Crippen LogP contribution in [0.1, 0.15) is 30.0 Å². The van der Waals surface area contributed by atoms with Crippen LogP contribution in [0.3, 0.4) is 0 Å². The fraction of sp³-hybridized carbons (Fsp3) is 0.462. The highest BCUT2D eigenvalue weighted by atomic mass is 16.3. The average molecular weight is 231 g/mol. The molecule has 17 heavy (non-hydrogen) atoms. The highest BCUT2D eigenvalue weighted by molar-refractivity contribution is 5.09. The van der Waals surface area contributed by atoms with Gasteiger partial charge in [-0.05, 0) is 31.5 Å². The lowest BCUT2D eigenvalue weighted by atomic mass is 9.95. The molecule has 0 bridgehead atoms. The van der Waals surface area contributed by atoms with Gasteiger partial charge in [-0.25, -0.2) is 0 Å². The Balaban J connectivity index is 1.64. The van der Waals surface area contributed by atoms with E-state index in [1.54, 1.807) is 6.26 Å². The van der Waals surface area contributed by atoms with Crippen molar-refractivity contribution in [2.24, 2.45) is 0 Å². The van der Waals surface area contributed by atoms with Gasteiger partial charge in [-0.2, -0.15) is 5.10 Å². The first-order valence-corrected chi connectivity index (χ1v) is 6.14. The summed E-state index contributed by atoms with van der Waals surface area (Å²) in [5.74, 6) is 0.596. The molecular formula is C13H17N3O. The minimum atomic E-state index is 0.596. The Labute approximate surface area is 101 Å². The zero-order valence-corrected chi connectivity index (χ0v) is 9.80. The van der Waals surface area contributed by atoms with Gasteiger partial charge in [0.2, 0.25) is 0 Å². The summed E-state index contributed by atoms with van der Waals surface area (Å²) in [4.78, 5) is 2.49. The van der Waals surface area contributed by atoms with Crippen molar-refractivity contribution in [3.63, 3.8) is 0 Å². The molecule has 1 unspecified atom stereocenters. The highest BCUT2D eigenvalue weighted by Gasteiger charge is 2.22. The van der Waals surface area contributed by atoms with Gasteiger partial charge >= 0.3 is 0 Å². The Hall–Kier alpha value is -1.55. The predicted molar refractivity (Wildman–Crippen MR) is 64.5 cm³/mol. The summed E-state index contributed by atoms with van der Waals surface area (Å²) in [5, 5.41) is 7.13. The van der Waals surface area contributed by atoms with Gasteiger partial charge in [0.05, 0.1) is 12.5 Å². The molecule has 1 atom stereocenters. The van der Waals surface area contributed by atoms with E-state index in [9.17, 15) is 0 Å². The molecule has 1 aliphatic heterocycles. The Morgan fingerprint density at radius 1 is 1.47 bits per heavy atom. The number of aromatic amines is 1. The lowest BCUT2D eigenvalue weighted by Crippen LogP contribution is -2.33. The average Bonchev–Trinajstić information content (AvgIpc) is 3.01. The topological polar surface area (TPSA) is 45.1 Å². The van der Waals surface area contributed by atoms with Gasteiger partial charge in [0.1, 0.15) is 0 Å². The summed E-state index contributed by atoms with van der Waals surface area (Å²) in [5.41, 5.74) is 2.53. The number of aromatic nitrogens is 2. The van der Waals surface area contributed by atoms with E-state index >= 15 is 0 Å². The van der Waals surface area contributed by atoms with Gasteiger partial charge in [0.15, 0.2) is 0 Å². The Kier molecular flexibility index (Phi) is 2.96. The van der Waals surface area contributed by atoms with Crippen molar-refractivity contribution in [1.82, 2.24) is 15.1 Å². The number of furan rings is 1. The van der Waals surface area contributed by atoms with Crippen LogP contribution in [0.4, 0.5) is 0 Å². The van der Waals surface area contributed by atoms with Gasteiger partial charge in [0, 0.05) is 36.5 Å². The van der Waals surface area contributed by atoms with Crippen molar-refractivity contribution < 1.29 is 4.42 Å². The van der Waals surface area contributed by atoms with Gasteiger partial charge in [-0.15, -0.1) is 0 Å². The molecule has 0 radical (unpaired) electrons. The molecule has 0 amide bonds. The van der Waals surface area contributed by atoms with E-state index in [-0.39, 0.29) is 0 Å². The summed E-state index contributed by atoms with van der Waals surface area (Å²) < 4.78 is 5.11. The monoisotopic (exact) mass is 231 g/mol. The number of likely N-dealkylation sites (tertiary alicyclic amines) is 1. The van der Waals surface area contributed by atoms with Crippen LogP contribution >= 0.6 is 0 Å². The standard InChI is InChI=1S/C13H17N3O/c1-2-12(13-3-5-14-15-13)9-16(6-1)8-11-4-7-17-10-11/h3-5,7,10,12H,1-2,6,8-9H2,(H,14,15). The summed E-state index contributed by atoms with van der Waals surface area (Å²) in [7, 11) is 0. The minimum absolute atomic E-state index is 0.596. The largest absolute Gasteiger partial charge is 0.472 e. The van der Waals surface area contributed by atoms with Crippen molar-refractivity contribution in [2.45, 2.75) is 25.3 Å². The number of hydrogen-bond acceptors (Lipinski definition) is 3. The molecule has 0 aromatic carbocycles. The van der Waals surface area contributed by atoms with Gasteiger partial charge < -0.3 is 4.42 Å². The summed E-state index contributed by atoms with van der Waals surface area (Å²) in [6, 6.07) is 4.13. The normalized spacial score (nSPS) is 21.8. The zero-order valence-electron chi connectivity index (χ0n) is 9.80. The number of nitrogens with zero attached hydrogens (tertiary/aromatic N) is 2. The van der Waals surface area contributed by atoms with E-state index in [1.165, 1.54) is 30.6 Å². The van der Waals surface area contributed by atoms with Crippen molar-refractivity contribution in [3.05, 3.63) is 42.1 Å². The number of hydrogen-bond donors (Lipinski definition) is 1. The summed E-state index contributed by atoms with van der Waals surface area (Å²) in [6.07, 6.45) is 7.92. The molecule has 1 N–H and O–H groups in total. The zero-order chi connectivity index (χ0) is 11.5. The van der Waals surface area contributed by atoms with E-state index in [4.69, 9.17) is 4.42 Å². The van der Waals surface area contributed by atoms with Gasteiger partial charge in [-0.1, -0.05) is 0 Å². The number of H-pyrrole nitrogens is 1. The van der Waals surface area contributed by atoms with Crippen LogP contribution in [-0.4, -0.2) is 28.2 Å². The molecular weight excluding hydrogens is 214 g/mol. The van der Waals surface area contributed by atoms with Gasteiger partial charge in [0.25, 0.3) is 0 Å². The third-order valence-corrected chi connectivity index (χ3v) is 3.45. The fourth-order valence-corrected chi connectivity index (χ4v) is 2.59. The third kappa shape index (κ3) is 2.42. The lowest BCUT2D eigenvalue weighted by Gasteiger charge is -2.31. The van der Waals surface area contributed by atoms with Crippen LogP contribution in [0.2, 0.25) is 0 Å². The fourth-order valence-electron chi connectivity index (χ4n) is 2.59. The van der Waals surface area contributed by atoms with Crippen molar-refractivity contribution in [1.29, 1.82) is 0 Å². The van der Waals surface area contributed by atoms with Crippen LogP contribution in [-0.2, 0) is 6.54 Å². The predicted octanol–water partition coefficient (Wildman–Crippen LogP) is 2.38. The van der Waals surface area contributed by atoms with Gasteiger partial charge in [-0.3, -0.25) is 10.00 Å². The summed E-state index contributed by atoms with van der Waals surface area (Å²) >= 11 is 0. The molecule has 2 aromatic rings. The first-order valence-electron chi connectivity index (χ1n) is 6.14. The molecule has 4 heteroatoms. The number of nitrogens with one attached hydrogen (secondary N) is 1. The number of rotatable bonds is 3. The van der Waals surface area contributed by atoms with Crippen LogP contribution in [0.15, 0.2) is 35.3 Å². The van der Waals surface area contributed by atoms with E-state index in [1.807, 2.05) is 18.5 Å². The molecule has 1 fully saturated rings. The molecule has 0 spiro atoms. The van der Waals surface area contributed by atoms with Crippen LogP contribution in [0.5, 0.6) is 0 Å². The molecule has 1 saturated heterocycles. The van der Waals surface area contributed by atoms with Crippen molar-refractivity contribution >= 4 is 0 Å². The Bertz CT molecular complexity index is 435. The first-order chi connectivity index (χ1) is 8.42. The van der Waals surface area contributed by atoms with E-state index < -0.39 is 0 Å². The van der Waals surface area contributed by atoms with E-state index in [2.05, 4.69) is 21.2 Å². The smallest absolute Gasteiger partial charge is 0.0947 e. The van der Waals surface area contributed by atoms with Crippen molar-refractivity contribution in [2.75, 3.05) is 13.1 Å². The molecule has 3 heterocycles. The second-order valence-corrected chi connectivity index (χ2v) is 4.72. The van der Waals surface area contributed by atoms with E-state index in [0.717, 1.165) is 13.1 Å². The maximum absolute atomic E-state index is 5.11. The highest BCUT2D eigenvalue weighted by Crippen LogP contribution is 2.26. The van der Waals surface area contributed by atoms with Crippen LogP contribution < -0.4 is 0 Å². The second kappa shape index (κ2) is 4.75. The quantitative estimate of drug-likeness (QED) is 0.882. The lowest BCUT2D eigenvalue weighted by molar-refractivity contribution is 0.198. The maximum atomic E-state index is 5.11. The SMILES string of the molecule is c1cc(C2CCCN(Cc3ccoc3)C2)[nH]n1. The molecule has 4 nitrogen and oxygen atoms in total. The van der Waals surface area contributed by atoms with Crippen LogP contribution in [0, 0.1) is 0 Å². The van der Waals surface area contributed by atoms with Crippen LogP contribution in [0.25, 0.3) is 0 Å². The molecule has 0 saturated carbocycles. The molecule has 2 aromatic heterocycles. The summed E-state index contributed by atoms with van der Waals surface area (Å²) in [6.45, 7) is 3.27. The second-order valence-electron chi connectivity index (χ2n) is 4.72. The molecule has 3 rings (SSSR count). The molecule has 90 valence electrons. The Morgan fingerprint density at radius 2 is 2.47 bits per heavy atom. The number of piperidine rings is 1.